The van der Waals surface area contributed by atoms with E-state index in [-0.39, 0.29) is 23.4 Å². The second kappa shape index (κ2) is 7.07. The molecule has 3 aliphatic carbocycles. The number of fused-ring (bicyclic) bond motifs is 2. The van der Waals surface area contributed by atoms with Gasteiger partial charge in [0, 0.05) is 18.3 Å². The molecule has 2 unspecified atom stereocenters. The normalized spacial score (nSPS) is 34.5. The van der Waals surface area contributed by atoms with Crippen LogP contribution < -0.4 is 4.72 Å². The van der Waals surface area contributed by atoms with Gasteiger partial charge in [-0.2, -0.15) is 0 Å². The van der Waals surface area contributed by atoms with Gasteiger partial charge in [-0.15, -0.1) is 0 Å². The van der Waals surface area contributed by atoms with Crippen LogP contribution in [0.4, 0.5) is 0 Å². The number of carbonyl (C=O) groups is 2. The summed E-state index contributed by atoms with van der Waals surface area (Å²) in [6.45, 7) is 0. The zero-order valence-electron chi connectivity index (χ0n) is 14.4. The van der Waals surface area contributed by atoms with Crippen LogP contribution >= 0.6 is 0 Å². The third-order valence-electron chi connectivity index (χ3n) is 6.30. The summed E-state index contributed by atoms with van der Waals surface area (Å²) in [6.07, 6.45) is 14.2. The molecule has 4 aliphatic rings. The summed E-state index contributed by atoms with van der Waals surface area (Å²) in [6, 6.07) is 0. The van der Waals surface area contributed by atoms with Gasteiger partial charge in [-0.05, 0) is 50.5 Å². The van der Waals surface area contributed by atoms with Crippen molar-refractivity contribution in [3.8, 4) is 0 Å². The molecule has 0 saturated heterocycles. The number of hydrogen-bond donors (Lipinski definition) is 1. The fourth-order valence-corrected chi connectivity index (χ4v) is 5.99. The summed E-state index contributed by atoms with van der Waals surface area (Å²) in [4.78, 5) is 27.5. The smallest absolute Gasteiger partial charge is 0.155 e. The summed E-state index contributed by atoms with van der Waals surface area (Å²) in [5, 5.41) is 0. The first-order valence-electron chi connectivity index (χ1n) is 9.69. The van der Waals surface area contributed by atoms with Crippen LogP contribution in [0.5, 0.6) is 0 Å². The van der Waals surface area contributed by atoms with Crippen LogP contribution in [0.1, 0.15) is 70.6 Å². The van der Waals surface area contributed by atoms with Crippen LogP contribution in [0, 0.1) is 17.8 Å². The molecule has 24 heavy (non-hydrogen) atoms. The fraction of sp³-hybridized carbons (Fsp3) is 0.700. The molecule has 0 spiro atoms. The highest BCUT2D eigenvalue weighted by Gasteiger charge is 2.45. The number of thiol groups is 1. The Labute approximate surface area is 148 Å². The molecule has 4 heteroatoms. The zero-order valence-corrected chi connectivity index (χ0v) is 15.2. The Morgan fingerprint density at radius 1 is 0.917 bits per heavy atom. The molecule has 4 rings (SSSR count). The predicted molar refractivity (Wildman–Crippen MR) is 98.3 cm³/mol. The fourth-order valence-electron chi connectivity index (χ4n) is 4.87. The van der Waals surface area contributed by atoms with Crippen molar-refractivity contribution in [3.63, 3.8) is 0 Å². The van der Waals surface area contributed by atoms with Gasteiger partial charge < -0.3 is 0 Å². The van der Waals surface area contributed by atoms with Crippen LogP contribution in [0.2, 0.25) is 0 Å². The molecule has 1 heterocycles. The maximum atomic E-state index is 13.0. The van der Waals surface area contributed by atoms with E-state index in [0.717, 1.165) is 56.2 Å². The first-order chi connectivity index (χ1) is 11.7. The Morgan fingerprint density at radius 3 is 2.38 bits per heavy atom. The first-order valence-corrected chi connectivity index (χ1v) is 10.6. The van der Waals surface area contributed by atoms with Crippen LogP contribution in [0.3, 0.4) is 0 Å². The number of ketones is 2. The number of hydrogen-bond acceptors (Lipinski definition) is 3. The van der Waals surface area contributed by atoms with Crippen molar-refractivity contribution in [1.29, 1.82) is 0 Å². The van der Waals surface area contributed by atoms with Crippen LogP contribution in [-0.2, 0) is 21.5 Å². The van der Waals surface area contributed by atoms with E-state index in [1.807, 2.05) is 0 Å². The van der Waals surface area contributed by atoms with E-state index in [1.165, 1.54) is 42.6 Å². The maximum Gasteiger partial charge on any atom is 0.155 e. The number of carbonyl (C=O) groups excluding carboxylic acids is 2. The van der Waals surface area contributed by atoms with Gasteiger partial charge in [0.25, 0.3) is 0 Å². The Kier molecular flexibility index (Phi) is 4.84. The largest absolute Gasteiger partial charge is 0.298 e. The van der Waals surface area contributed by atoms with Crippen molar-refractivity contribution in [2.75, 3.05) is 0 Å². The van der Waals surface area contributed by atoms with Crippen LogP contribution in [-0.4, -0.2) is 11.6 Å². The number of Topliss-reactive ketones (excluding diaryl/α,β-unsaturated/α-hetero) is 2. The number of nitrogens with one attached hydrogen (secondary N) is 1. The molecule has 2 atom stereocenters. The highest BCUT2D eigenvalue weighted by atomic mass is 32.2. The van der Waals surface area contributed by atoms with E-state index >= 15 is 0 Å². The van der Waals surface area contributed by atoms with Gasteiger partial charge in [0.1, 0.15) is 17.9 Å². The molecule has 2 saturated carbocycles. The summed E-state index contributed by atoms with van der Waals surface area (Å²) < 4.78 is 3.47. The lowest BCUT2D eigenvalue weighted by molar-refractivity contribution is -0.141. The lowest BCUT2D eigenvalue weighted by Crippen LogP contribution is -2.45. The van der Waals surface area contributed by atoms with Crippen LogP contribution in [0.15, 0.2) is 22.3 Å². The molecular formula is C20H28NO2S+. The molecule has 0 aromatic carbocycles. The predicted octanol–water partition coefficient (Wildman–Crippen LogP) is 3.78. The molecule has 0 radical (unpaired) electrons. The topological polar surface area (TPSA) is 46.2 Å². The average molecular weight is 347 g/mol. The molecule has 1 N–H and O–H groups in total. The lowest BCUT2D eigenvalue weighted by atomic mass is 9.68. The number of rotatable bonds is 1. The average Bonchev–Trinajstić information content (AvgIpc) is 2.77. The molecule has 1 aliphatic heterocycles. The molecule has 0 amide bonds. The monoisotopic (exact) mass is 346 g/mol. The van der Waals surface area contributed by atoms with E-state index in [2.05, 4.69) is 10.8 Å². The van der Waals surface area contributed by atoms with E-state index in [0.29, 0.717) is 0 Å². The molecule has 0 aromatic heterocycles. The van der Waals surface area contributed by atoms with Gasteiger partial charge >= 0.3 is 0 Å². The Bertz CT molecular complexity index is 583. The van der Waals surface area contributed by atoms with Gasteiger partial charge in [-0.25, -0.2) is 4.72 Å². The summed E-state index contributed by atoms with van der Waals surface area (Å²) in [5.41, 5.74) is 2.45. The first kappa shape index (κ1) is 16.4. The Hall–Kier alpha value is -1.03. The van der Waals surface area contributed by atoms with Gasteiger partial charge in [-0.3, -0.25) is 9.59 Å². The molecule has 130 valence electrons. The standard InChI is InChI=1S/C20H27NO2S/c22-19-14-7-2-1-3-8-15(12-14)20(23)18(19)16-11-10-13-6-4-5-9-17(13)24-21-16/h11,14-15,18,21H,1-10,12H2/p+1. The second-order valence-electron chi connectivity index (χ2n) is 7.85. The van der Waals surface area contributed by atoms with Crippen molar-refractivity contribution >= 4 is 23.5 Å². The van der Waals surface area contributed by atoms with Crippen molar-refractivity contribution < 1.29 is 9.59 Å². The second-order valence-corrected chi connectivity index (χ2v) is 8.84. The van der Waals surface area contributed by atoms with Gasteiger partial charge in [-0.1, -0.05) is 25.3 Å². The summed E-state index contributed by atoms with van der Waals surface area (Å²) >= 11 is 1.12. The third kappa shape index (κ3) is 3.10. The van der Waals surface area contributed by atoms with Crippen LogP contribution in [0.25, 0.3) is 0 Å². The zero-order chi connectivity index (χ0) is 16.5. The van der Waals surface area contributed by atoms with Gasteiger partial charge in [0.15, 0.2) is 16.5 Å². The summed E-state index contributed by atoms with van der Waals surface area (Å²) in [5.74, 6) is 0.131. The minimum Gasteiger partial charge on any atom is -0.298 e. The van der Waals surface area contributed by atoms with Crippen molar-refractivity contribution in [3.05, 3.63) is 22.3 Å². The highest BCUT2D eigenvalue weighted by Crippen LogP contribution is 2.39. The van der Waals surface area contributed by atoms with Crippen molar-refractivity contribution in [2.24, 2.45) is 17.8 Å². The Morgan fingerprint density at radius 2 is 1.62 bits per heavy atom. The minimum atomic E-state index is -0.499. The third-order valence-corrected chi connectivity index (χ3v) is 7.48. The van der Waals surface area contributed by atoms with Crippen molar-refractivity contribution in [1.82, 2.24) is 4.72 Å². The molecule has 0 aromatic rings. The van der Waals surface area contributed by atoms with E-state index in [1.54, 1.807) is 0 Å². The van der Waals surface area contributed by atoms with E-state index in [9.17, 15) is 9.59 Å². The Balaban J connectivity index is 1.57. The summed E-state index contributed by atoms with van der Waals surface area (Å²) in [7, 11) is 0. The highest BCUT2D eigenvalue weighted by molar-refractivity contribution is 7.80. The SMILES string of the molecule is O=C1C2CCCCCC(C2)C(=O)C1C1=CCC2=C(CCCC2)[SH+]N1. The van der Waals surface area contributed by atoms with E-state index < -0.39 is 5.92 Å². The van der Waals surface area contributed by atoms with Gasteiger partial charge in [0.2, 0.25) is 0 Å². The molecule has 3 nitrogen and oxygen atoms in total. The van der Waals surface area contributed by atoms with E-state index in [4.69, 9.17) is 0 Å². The maximum absolute atomic E-state index is 13.0. The quantitative estimate of drug-likeness (QED) is 0.446. The lowest BCUT2D eigenvalue weighted by Gasteiger charge is -2.34. The molecular weight excluding hydrogens is 318 g/mol. The van der Waals surface area contributed by atoms with Crippen molar-refractivity contribution in [2.45, 2.75) is 70.6 Å². The van der Waals surface area contributed by atoms with Gasteiger partial charge in [0.05, 0.1) is 5.70 Å². The number of allylic oxidation sites excluding steroid dienone is 4. The minimum absolute atomic E-state index is 0.114. The molecule has 2 bridgehead atoms. The molecule has 2 fully saturated rings.